The van der Waals surface area contributed by atoms with Gasteiger partial charge in [-0.25, -0.2) is 9.97 Å². The normalized spacial score (nSPS) is 12.8. The molecule has 0 saturated carbocycles. The smallest absolute Gasteiger partial charge is 0.186 e. The highest BCUT2D eigenvalue weighted by atomic mass is 16.5. The van der Waals surface area contributed by atoms with Crippen molar-refractivity contribution in [1.82, 2.24) is 19.7 Å². The Bertz CT molecular complexity index is 513. The van der Waals surface area contributed by atoms with Gasteiger partial charge in [0.25, 0.3) is 0 Å². The largest absolute Gasteiger partial charge is 0.391 e. The molecule has 1 unspecified atom stereocenters. The lowest BCUT2D eigenvalue weighted by molar-refractivity contribution is 0.0615. The summed E-state index contributed by atoms with van der Waals surface area (Å²) in [6.07, 6.45) is 3.47. The number of methoxy groups -OCH3 is 1. The molecule has 0 fully saturated rings. The molecular formula is C11H17N5O2. The molecule has 2 N–H and O–H groups in total. The molecule has 2 rings (SSSR count). The fourth-order valence-corrected chi connectivity index (χ4v) is 1.72. The highest BCUT2D eigenvalue weighted by Gasteiger charge is 2.08. The van der Waals surface area contributed by atoms with Crippen LogP contribution in [0.2, 0.25) is 0 Å². The Labute approximate surface area is 105 Å². The van der Waals surface area contributed by atoms with Gasteiger partial charge in [-0.15, -0.1) is 0 Å². The van der Waals surface area contributed by atoms with E-state index in [1.165, 1.54) is 6.33 Å². The maximum absolute atomic E-state index is 9.53. The van der Waals surface area contributed by atoms with E-state index >= 15 is 0 Å². The minimum Gasteiger partial charge on any atom is -0.391 e. The Morgan fingerprint density at radius 2 is 2.33 bits per heavy atom. The van der Waals surface area contributed by atoms with Crippen molar-refractivity contribution < 1.29 is 9.84 Å². The molecule has 1 atom stereocenters. The number of nitrogens with one attached hydrogen (secondary N) is 1. The van der Waals surface area contributed by atoms with Crippen molar-refractivity contribution in [3.63, 3.8) is 0 Å². The van der Waals surface area contributed by atoms with Crippen LogP contribution in [0, 0.1) is 0 Å². The molecule has 2 aromatic rings. The van der Waals surface area contributed by atoms with E-state index in [4.69, 9.17) is 4.74 Å². The number of aromatic nitrogens is 4. The zero-order valence-corrected chi connectivity index (χ0v) is 10.5. The fraction of sp³-hybridized carbons (Fsp3) is 0.545. The number of hydrogen-bond donors (Lipinski definition) is 2. The number of nitrogens with zero attached hydrogens (tertiary/aromatic N) is 4. The summed E-state index contributed by atoms with van der Waals surface area (Å²) >= 11 is 0. The molecule has 2 aromatic heterocycles. The summed E-state index contributed by atoms with van der Waals surface area (Å²) in [5.74, 6) is 0.734. The highest BCUT2D eigenvalue weighted by Crippen LogP contribution is 2.16. The van der Waals surface area contributed by atoms with Crippen LogP contribution < -0.4 is 5.32 Å². The van der Waals surface area contributed by atoms with E-state index in [1.807, 2.05) is 13.2 Å². The van der Waals surface area contributed by atoms with Crippen LogP contribution in [0.5, 0.6) is 0 Å². The van der Waals surface area contributed by atoms with Crippen LogP contribution in [0.25, 0.3) is 11.0 Å². The molecule has 0 saturated heterocycles. The molecule has 0 aromatic carbocycles. The first-order valence-electron chi connectivity index (χ1n) is 5.76. The van der Waals surface area contributed by atoms with Crippen LogP contribution in [0.1, 0.15) is 6.42 Å². The number of aryl methyl sites for hydroxylation is 1. The van der Waals surface area contributed by atoms with E-state index < -0.39 is 6.10 Å². The van der Waals surface area contributed by atoms with Crippen molar-refractivity contribution in [3.8, 4) is 0 Å². The van der Waals surface area contributed by atoms with Crippen molar-refractivity contribution in [2.45, 2.75) is 12.5 Å². The standard InChI is InChI=1S/C11H17N5O2/c1-16-5-9-10(13-7-14-11(9)15-16)12-4-3-8(17)6-18-2/h5,7-8,17H,3-4,6H2,1-2H3,(H,12,13,14,15). The Morgan fingerprint density at radius 1 is 1.50 bits per heavy atom. The summed E-state index contributed by atoms with van der Waals surface area (Å²) in [5, 5.41) is 17.8. The van der Waals surface area contributed by atoms with E-state index in [-0.39, 0.29) is 0 Å². The van der Waals surface area contributed by atoms with Crippen LogP contribution >= 0.6 is 0 Å². The highest BCUT2D eigenvalue weighted by molar-refractivity contribution is 5.85. The average Bonchev–Trinajstić information content (AvgIpc) is 2.70. The lowest BCUT2D eigenvalue weighted by Gasteiger charge is -2.10. The van der Waals surface area contributed by atoms with Gasteiger partial charge < -0.3 is 15.2 Å². The first kappa shape index (κ1) is 12.7. The van der Waals surface area contributed by atoms with E-state index in [9.17, 15) is 5.11 Å². The number of anilines is 1. The molecule has 18 heavy (non-hydrogen) atoms. The summed E-state index contributed by atoms with van der Waals surface area (Å²) in [6.45, 7) is 0.958. The fourth-order valence-electron chi connectivity index (χ4n) is 1.72. The molecule has 7 nitrogen and oxygen atoms in total. The lowest BCUT2D eigenvalue weighted by Crippen LogP contribution is -2.18. The molecule has 0 aliphatic heterocycles. The predicted octanol–water partition coefficient (Wildman–Crippen LogP) is 0.173. The molecule has 0 aliphatic carbocycles. The molecule has 7 heteroatoms. The van der Waals surface area contributed by atoms with Crippen molar-refractivity contribution in [2.75, 3.05) is 25.6 Å². The number of ether oxygens (including phenoxy) is 1. The van der Waals surface area contributed by atoms with Crippen molar-refractivity contribution in [1.29, 1.82) is 0 Å². The van der Waals surface area contributed by atoms with E-state index in [1.54, 1.807) is 11.8 Å². The van der Waals surface area contributed by atoms with Gasteiger partial charge >= 0.3 is 0 Å². The van der Waals surface area contributed by atoms with Gasteiger partial charge in [-0.1, -0.05) is 0 Å². The average molecular weight is 251 g/mol. The number of fused-ring (bicyclic) bond motifs is 1. The number of rotatable bonds is 6. The maximum Gasteiger partial charge on any atom is 0.186 e. The molecule has 0 spiro atoms. The number of hydrogen-bond acceptors (Lipinski definition) is 6. The van der Waals surface area contributed by atoms with Crippen molar-refractivity contribution in [2.24, 2.45) is 7.05 Å². The second-order valence-corrected chi connectivity index (χ2v) is 4.09. The van der Waals surface area contributed by atoms with Gasteiger partial charge in [-0.2, -0.15) is 5.10 Å². The second kappa shape index (κ2) is 5.74. The summed E-state index contributed by atoms with van der Waals surface area (Å²) in [7, 11) is 3.41. The summed E-state index contributed by atoms with van der Waals surface area (Å²) in [5.41, 5.74) is 0.660. The zero-order valence-electron chi connectivity index (χ0n) is 10.5. The Kier molecular flexibility index (Phi) is 4.06. The molecule has 2 heterocycles. The molecule has 0 amide bonds. The molecule has 0 bridgehead atoms. The third kappa shape index (κ3) is 2.93. The maximum atomic E-state index is 9.53. The minimum atomic E-state index is -0.464. The third-order valence-corrected chi connectivity index (χ3v) is 2.56. The van der Waals surface area contributed by atoms with Gasteiger partial charge in [0.05, 0.1) is 18.1 Å². The lowest BCUT2D eigenvalue weighted by atomic mass is 10.2. The van der Waals surface area contributed by atoms with E-state index in [2.05, 4.69) is 20.4 Å². The molecule has 0 aliphatic rings. The minimum absolute atomic E-state index is 0.341. The number of aliphatic hydroxyl groups excluding tert-OH is 1. The van der Waals surface area contributed by atoms with Crippen LogP contribution in [0.4, 0.5) is 5.82 Å². The summed E-state index contributed by atoms with van der Waals surface area (Å²) in [6, 6.07) is 0. The molecule has 98 valence electrons. The van der Waals surface area contributed by atoms with Gasteiger partial charge in [0, 0.05) is 26.9 Å². The predicted molar refractivity (Wildman–Crippen MR) is 67.3 cm³/mol. The van der Waals surface area contributed by atoms with Crippen molar-refractivity contribution in [3.05, 3.63) is 12.5 Å². The van der Waals surface area contributed by atoms with Gasteiger partial charge in [0.2, 0.25) is 0 Å². The van der Waals surface area contributed by atoms with Gasteiger partial charge in [-0.3, -0.25) is 4.68 Å². The zero-order chi connectivity index (χ0) is 13.0. The van der Waals surface area contributed by atoms with Gasteiger partial charge in [0.1, 0.15) is 12.1 Å². The number of aliphatic hydroxyl groups is 1. The van der Waals surface area contributed by atoms with Crippen LogP contribution in [0.3, 0.4) is 0 Å². The van der Waals surface area contributed by atoms with Crippen LogP contribution in [-0.4, -0.2) is 51.2 Å². The Balaban J connectivity index is 1.99. The van der Waals surface area contributed by atoms with E-state index in [0.29, 0.717) is 25.2 Å². The van der Waals surface area contributed by atoms with Gasteiger partial charge in [0.15, 0.2) is 5.65 Å². The quantitative estimate of drug-likeness (QED) is 0.761. The van der Waals surface area contributed by atoms with Crippen molar-refractivity contribution >= 4 is 16.9 Å². The SMILES string of the molecule is COCC(O)CCNc1ncnc2nn(C)cc12. The van der Waals surface area contributed by atoms with Gasteiger partial charge in [-0.05, 0) is 6.42 Å². The first-order valence-corrected chi connectivity index (χ1v) is 5.76. The summed E-state index contributed by atoms with van der Waals surface area (Å²) in [4.78, 5) is 8.26. The molecular weight excluding hydrogens is 234 g/mol. The second-order valence-electron chi connectivity index (χ2n) is 4.09. The van der Waals surface area contributed by atoms with Crippen LogP contribution in [-0.2, 0) is 11.8 Å². The van der Waals surface area contributed by atoms with Crippen LogP contribution in [0.15, 0.2) is 12.5 Å². The topological polar surface area (TPSA) is 85.1 Å². The first-order chi connectivity index (χ1) is 8.70. The monoisotopic (exact) mass is 251 g/mol. The van der Waals surface area contributed by atoms with E-state index in [0.717, 1.165) is 11.2 Å². The third-order valence-electron chi connectivity index (χ3n) is 2.56. The summed E-state index contributed by atoms with van der Waals surface area (Å²) < 4.78 is 6.56. The Morgan fingerprint density at radius 3 is 3.11 bits per heavy atom. The molecule has 0 radical (unpaired) electrons. The Hall–Kier alpha value is -1.73.